The van der Waals surface area contributed by atoms with Crippen molar-refractivity contribution in [3.63, 3.8) is 0 Å². The predicted octanol–water partition coefficient (Wildman–Crippen LogP) is 1.20. The number of nitrogens with zero attached hydrogens (tertiary/aromatic N) is 1. The van der Waals surface area contributed by atoms with E-state index in [0.29, 0.717) is 11.3 Å². The van der Waals surface area contributed by atoms with E-state index in [1.165, 1.54) is 26.2 Å². The lowest BCUT2D eigenvalue weighted by Gasteiger charge is -2.29. The van der Waals surface area contributed by atoms with Crippen LogP contribution in [0.5, 0.6) is 5.75 Å². The summed E-state index contributed by atoms with van der Waals surface area (Å²) in [6, 6.07) is -0.180. The summed E-state index contributed by atoms with van der Waals surface area (Å²) >= 11 is 0. The highest BCUT2D eigenvalue weighted by atomic mass is 19.4. The van der Waals surface area contributed by atoms with E-state index in [1.807, 2.05) is 0 Å². The molecule has 1 aliphatic heterocycles. The molecular weight excluding hydrogens is 475 g/mol. The topological polar surface area (TPSA) is 142 Å². The summed E-state index contributed by atoms with van der Waals surface area (Å²) < 4.78 is 45.0. The molecule has 0 bridgehead atoms. The van der Waals surface area contributed by atoms with Crippen molar-refractivity contribution in [1.29, 1.82) is 0 Å². The van der Waals surface area contributed by atoms with Gasteiger partial charge in [0.2, 0.25) is 11.8 Å². The number of alkyl halides is 3. The number of nitrogens with one attached hydrogen (secondary N) is 2. The highest BCUT2D eigenvalue weighted by Gasteiger charge is 2.43. The second-order valence-electron chi connectivity index (χ2n) is 8.02. The van der Waals surface area contributed by atoms with Crippen LogP contribution >= 0.6 is 0 Å². The first-order valence-corrected chi connectivity index (χ1v) is 10.7. The lowest BCUT2D eigenvalue weighted by Crippen LogP contribution is -2.55. The molecule has 10 nitrogen and oxygen atoms in total. The van der Waals surface area contributed by atoms with Crippen LogP contribution in [-0.2, 0) is 19.2 Å². The van der Waals surface area contributed by atoms with Crippen LogP contribution in [0.25, 0.3) is 0 Å². The quantitative estimate of drug-likeness (QED) is 0.409. The molecule has 0 aromatic heterocycles. The molecule has 192 valence electrons. The molecule has 1 fully saturated rings. The molecule has 13 heteroatoms. The predicted molar refractivity (Wildman–Crippen MR) is 115 cm³/mol. The number of aliphatic carboxylic acids is 1. The van der Waals surface area contributed by atoms with Crippen LogP contribution in [0.2, 0.25) is 0 Å². The number of amides is 3. The van der Waals surface area contributed by atoms with Crippen LogP contribution in [0.1, 0.15) is 41.6 Å². The van der Waals surface area contributed by atoms with Gasteiger partial charge >= 0.3 is 12.1 Å². The van der Waals surface area contributed by atoms with E-state index in [4.69, 9.17) is 9.84 Å². The fraction of sp³-hybridized carbons (Fsp3) is 0.500. The smallest absolute Gasteiger partial charge is 0.391 e. The maximum Gasteiger partial charge on any atom is 0.391 e. The Labute approximate surface area is 198 Å². The lowest BCUT2D eigenvalue weighted by molar-refractivity contribution is -0.155. The van der Waals surface area contributed by atoms with Gasteiger partial charge in [0.05, 0.1) is 26.0 Å². The van der Waals surface area contributed by atoms with Crippen molar-refractivity contribution in [3.8, 4) is 5.75 Å². The van der Waals surface area contributed by atoms with Crippen molar-refractivity contribution in [3.05, 3.63) is 29.3 Å². The van der Waals surface area contributed by atoms with Crippen molar-refractivity contribution >= 4 is 30.0 Å². The fourth-order valence-electron chi connectivity index (χ4n) is 3.85. The van der Waals surface area contributed by atoms with E-state index in [1.54, 1.807) is 6.07 Å². The number of benzene rings is 1. The minimum atomic E-state index is -4.81. The molecule has 0 saturated carbocycles. The number of halogens is 3. The largest absolute Gasteiger partial charge is 0.496 e. The van der Waals surface area contributed by atoms with E-state index in [9.17, 15) is 37.1 Å². The zero-order chi connectivity index (χ0) is 26.3. The van der Waals surface area contributed by atoms with Crippen LogP contribution in [-0.4, -0.2) is 77.9 Å². The average Bonchev–Trinajstić information content (AvgIpc) is 3.26. The maximum atomic E-state index is 13.3. The molecule has 0 unspecified atom stereocenters. The number of aldehydes is 1. The Morgan fingerprint density at radius 2 is 1.94 bits per heavy atom. The van der Waals surface area contributed by atoms with Crippen LogP contribution in [0.15, 0.2) is 18.2 Å². The fourth-order valence-corrected chi connectivity index (χ4v) is 3.85. The van der Waals surface area contributed by atoms with E-state index in [-0.39, 0.29) is 31.2 Å². The van der Waals surface area contributed by atoms with Crippen LogP contribution in [0.4, 0.5) is 13.2 Å². The van der Waals surface area contributed by atoms with Gasteiger partial charge in [-0.05, 0) is 31.9 Å². The number of methoxy groups -OCH3 is 1. The number of carboxylic acid groups (broad SMARTS) is 1. The van der Waals surface area contributed by atoms with Crippen molar-refractivity contribution in [2.45, 2.75) is 56.9 Å². The first kappa shape index (κ1) is 27.6. The van der Waals surface area contributed by atoms with Crippen molar-refractivity contribution in [2.24, 2.45) is 0 Å². The third-order valence-electron chi connectivity index (χ3n) is 5.51. The second kappa shape index (κ2) is 11.7. The Balaban J connectivity index is 2.25. The van der Waals surface area contributed by atoms with Crippen molar-refractivity contribution in [2.75, 3.05) is 13.7 Å². The van der Waals surface area contributed by atoms with Gasteiger partial charge in [0.1, 0.15) is 24.1 Å². The Kier molecular flexibility index (Phi) is 9.20. The van der Waals surface area contributed by atoms with E-state index >= 15 is 0 Å². The minimum absolute atomic E-state index is 0.0162. The molecule has 3 N–H and O–H groups in total. The third kappa shape index (κ3) is 7.42. The van der Waals surface area contributed by atoms with Gasteiger partial charge in [-0.1, -0.05) is 6.07 Å². The Morgan fingerprint density at radius 3 is 2.51 bits per heavy atom. The SMILES string of the molecule is COc1cccc(C(=O)N[C@@H](CC(F)(F)F)C(=O)N2CCC[C@H]2C(=O)N[C@H](C=O)CC(=O)O)c1C. The standard InChI is InChI=1S/C22H26F3N3O7/c1-12-14(5-3-7-17(12)35-2)19(32)27-15(10-22(23,24)25)21(34)28-8-4-6-16(28)20(33)26-13(11-29)9-18(30)31/h3,5,7,11,13,15-16H,4,6,8-10H2,1-2H3,(H,26,33)(H,27,32)(H,30,31)/t13-,15-,16-/m0/s1. The van der Waals surface area contributed by atoms with Crippen LogP contribution < -0.4 is 15.4 Å². The third-order valence-corrected chi connectivity index (χ3v) is 5.51. The number of hydrogen-bond donors (Lipinski definition) is 3. The highest BCUT2D eigenvalue weighted by molar-refractivity contribution is 6.00. The number of hydrogen-bond acceptors (Lipinski definition) is 6. The highest BCUT2D eigenvalue weighted by Crippen LogP contribution is 2.26. The molecule has 0 spiro atoms. The molecular formula is C22H26F3N3O7. The minimum Gasteiger partial charge on any atom is -0.496 e. The lowest BCUT2D eigenvalue weighted by atomic mass is 10.1. The number of carboxylic acids is 1. The van der Waals surface area contributed by atoms with Crippen LogP contribution in [0, 0.1) is 6.92 Å². The number of carbonyl (C=O) groups excluding carboxylic acids is 4. The molecule has 1 saturated heterocycles. The summed E-state index contributed by atoms with van der Waals surface area (Å²) in [6.07, 6.45) is -6.56. The molecule has 1 heterocycles. The summed E-state index contributed by atoms with van der Waals surface area (Å²) in [5.74, 6) is -3.92. The number of likely N-dealkylation sites (tertiary alicyclic amines) is 1. The molecule has 1 aromatic rings. The summed E-state index contributed by atoms with van der Waals surface area (Å²) in [5.41, 5.74) is 0.380. The number of carbonyl (C=O) groups is 5. The van der Waals surface area contributed by atoms with Gasteiger partial charge in [0.15, 0.2) is 0 Å². The van der Waals surface area contributed by atoms with E-state index < -0.39 is 60.8 Å². The monoisotopic (exact) mass is 501 g/mol. The van der Waals surface area contributed by atoms with E-state index in [0.717, 1.165) is 4.90 Å². The average molecular weight is 501 g/mol. The van der Waals surface area contributed by atoms with Gasteiger partial charge in [-0.2, -0.15) is 13.2 Å². The maximum absolute atomic E-state index is 13.3. The van der Waals surface area contributed by atoms with Gasteiger partial charge < -0.3 is 30.2 Å². The van der Waals surface area contributed by atoms with Gasteiger partial charge in [0.25, 0.3) is 5.91 Å². The molecule has 3 atom stereocenters. The van der Waals surface area contributed by atoms with Crippen LogP contribution in [0.3, 0.4) is 0 Å². The number of rotatable bonds is 10. The molecule has 35 heavy (non-hydrogen) atoms. The zero-order valence-corrected chi connectivity index (χ0v) is 19.1. The molecule has 0 aliphatic carbocycles. The zero-order valence-electron chi connectivity index (χ0n) is 19.1. The first-order chi connectivity index (χ1) is 16.4. The summed E-state index contributed by atoms with van der Waals surface area (Å²) in [5, 5.41) is 13.1. The molecule has 0 radical (unpaired) electrons. The van der Waals surface area contributed by atoms with Crippen molar-refractivity contribution < 1.29 is 47.0 Å². The Bertz CT molecular complexity index is 984. The number of ether oxygens (including phenoxy) is 1. The normalized spacial score (nSPS) is 17.3. The molecule has 2 rings (SSSR count). The van der Waals surface area contributed by atoms with E-state index in [2.05, 4.69) is 10.6 Å². The van der Waals surface area contributed by atoms with Gasteiger partial charge in [-0.15, -0.1) is 0 Å². The summed E-state index contributed by atoms with van der Waals surface area (Å²) in [4.78, 5) is 61.3. The van der Waals surface area contributed by atoms with Crippen molar-refractivity contribution in [1.82, 2.24) is 15.5 Å². The van der Waals surface area contributed by atoms with Gasteiger partial charge in [0, 0.05) is 17.7 Å². The Morgan fingerprint density at radius 1 is 1.26 bits per heavy atom. The summed E-state index contributed by atoms with van der Waals surface area (Å²) in [7, 11) is 1.37. The van der Waals surface area contributed by atoms with Gasteiger partial charge in [-0.3, -0.25) is 19.2 Å². The molecule has 1 aliphatic rings. The second-order valence-corrected chi connectivity index (χ2v) is 8.02. The first-order valence-electron chi connectivity index (χ1n) is 10.7. The Hall–Kier alpha value is -3.64. The summed E-state index contributed by atoms with van der Waals surface area (Å²) in [6.45, 7) is 1.49. The van der Waals surface area contributed by atoms with Gasteiger partial charge in [-0.25, -0.2) is 0 Å². The molecule has 3 amide bonds. The molecule has 1 aromatic carbocycles.